The molecule has 0 radical (unpaired) electrons. The van der Waals surface area contributed by atoms with Crippen molar-refractivity contribution < 1.29 is 14.4 Å². The first-order valence-electron chi connectivity index (χ1n) is 2.45. The lowest BCUT2D eigenvalue weighted by Crippen LogP contribution is -2.09. The van der Waals surface area contributed by atoms with Crippen molar-refractivity contribution in [2.45, 2.75) is 6.42 Å². The monoisotopic (exact) mass is 184 g/mol. The average molecular weight is 184 g/mol. The molecule has 0 saturated carbocycles. The maximum absolute atomic E-state index is 10.2. The van der Waals surface area contributed by atoms with Crippen LogP contribution in [-0.4, -0.2) is 21.4 Å². The molecule has 0 rings (SSSR count). The van der Waals surface area contributed by atoms with Crippen molar-refractivity contribution in [2.24, 2.45) is 5.73 Å². The van der Waals surface area contributed by atoms with Crippen LogP contribution in [0.25, 0.3) is 0 Å². The van der Waals surface area contributed by atoms with Crippen LogP contribution >= 0.6 is 18.2 Å². The second kappa shape index (κ2) is 3.98. The molecule has 0 aromatic rings. The van der Waals surface area contributed by atoms with E-state index in [1.807, 2.05) is 0 Å². The van der Waals surface area contributed by atoms with Gasteiger partial charge in [0, 0.05) is 12.2 Å². The summed E-state index contributed by atoms with van der Waals surface area (Å²) in [6.45, 7) is -3.96. The van der Waals surface area contributed by atoms with Crippen LogP contribution in [0.3, 0.4) is 0 Å². The lowest BCUT2D eigenvalue weighted by Gasteiger charge is -2.00. The summed E-state index contributed by atoms with van der Waals surface area (Å²) in [6.07, 6.45) is 0.218. The Bertz CT molecular complexity index is 167. The molecule has 0 spiro atoms. The van der Waals surface area contributed by atoms with Gasteiger partial charge < -0.3 is 15.5 Å². The molecule has 0 atom stereocenters. The number of amidine groups is 1. The first-order chi connectivity index (χ1) is 4.42. The SMILES string of the molecule is N=C(N)CCSP(=O)(O)O. The van der Waals surface area contributed by atoms with E-state index in [-0.39, 0.29) is 18.0 Å². The summed E-state index contributed by atoms with van der Waals surface area (Å²) in [5.41, 5.74) is 4.94. The van der Waals surface area contributed by atoms with E-state index in [9.17, 15) is 4.57 Å². The maximum Gasteiger partial charge on any atom is 0.383 e. The molecule has 0 aliphatic rings. The zero-order chi connectivity index (χ0) is 8.20. The fourth-order valence-corrected chi connectivity index (χ4v) is 1.81. The minimum absolute atomic E-state index is 0.0547. The van der Waals surface area contributed by atoms with E-state index in [1.54, 1.807) is 0 Å². The standard InChI is InChI=1S/C3H9N2O3PS/c4-3(5)1-2-10-9(6,7)8/h1-2H2,(H3,4,5)(H2,6,7,8). The Kier molecular flexibility index (Phi) is 3.96. The first kappa shape index (κ1) is 9.97. The topological polar surface area (TPSA) is 107 Å². The lowest BCUT2D eigenvalue weighted by atomic mass is 10.5. The minimum atomic E-state index is -3.96. The van der Waals surface area contributed by atoms with Gasteiger partial charge in [-0.05, 0) is 11.4 Å². The zero-order valence-corrected chi connectivity index (χ0v) is 6.86. The summed E-state index contributed by atoms with van der Waals surface area (Å²) >= 11 is 0.508. The summed E-state index contributed by atoms with van der Waals surface area (Å²) < 4.78 is 10.2. The average Bonchev–Trinajstić information content (AvgIpc) is 1.59. The molecule has 0 bridgehead atoms. The third-order valence-electron chi connectivity index (χ3n) is 0.631. The van der Waals surface area contributed by atoms with E-state index >= 15 is 0 Å². The van der Waals surface area contributed by atoms with Gasteiger partial charge in [0.25, 0.3) is 0 Å². The molecule has 0 aliphatic carbocycles. The predicted octanol–water partition coefficient (Wildman–Crippen LogP) is 0.138. The largest absolute Gasteiger partial charge is 0.388 e. The van der Waals surface area contributed by atoms with Crippen LogP contribution in [0.4, 0.5) is 0 Å². The molecule has 0 aromatic carbocycles. The van der Waals surface area contributed by atoms with E-state index in [0.29, 0.717) is 11.4 Å². The summed E-state index contributed by atoms with van der Waals surface area (Å²) in [6, 6.07) is 0. The summed E-state index contributed by atoms with van der Waals surface area (Å²) in [5.74, 6) is 0.139. The van der Waals surface area contributed by atoms with Gasteiger partial charge >= 0.3 is 6.80 Å². The van der Waals surface area contributed by atoms with Gasteiger partial charge in [-0.2, -0.15) is 0 Å². The van der Waals surface area contributed by atoms with E-state index in [0.717, 1.165) is 0 Å². The van der Waals surface area contributed by atoms with Crippen molar-refractivity contribution in [1.82, 2.24) is 0 Å². The van der Waals surface area contributed by atoms with Crippen LogP contribution in [0.2, 0.25) is 0 Å². The van der Waals surface area contributed by atoms with Crippen molar-refractivity contribution in [3.63, 3.8) is 0 Å². The molecule has 7 heteroatoms. The molecule has 60 valence electrons. The molecular formula is C3H9N2O3PS. The summed E-state index contributed by atoms with van der Waals surface area (Å²) in [5, 5.41) is 6.71. The highest BCUT2D eigenvalue weighted by Crippen LogP contribution is 2.50. The molecule has 0 heterocycles. The fraction of sp³-hybridized carbons (Fsp3) is 0.667. The Morgan fingerprint density at radius 1 is 1.70 bits per heavy atom. The van der Waals surface area contributed by atoms with Crippen LogP contribution in [-0.2, 0) is 4.57 Å². The molecule has 0 aliphatic heterocycles. The van der Waals surface area contributed by atoms with E-state index < -0.39 is 6.80 Å². The maximum atomic E-state index is 10.2. The highest BCUT2D eigenvalue weighted by atomic mass is 32.7. The number of hydrogen-bond donors (Lipinski definition) is 4. The van der Waals surface area contributed by atoms with Crippen molar-refractivity contribution in [2.75, 3.05) is 5.75 Å². The number of rotatable bonds is 4. The number of nitrogens with two attached hydrogens (primary N) is 1. The Labute approximate surface area is 62.4 Å². The van der Waals surface area contributed by atoms with E-state index in [2.05, 4.69) is 0 Å². The van der Waals surface area contributed by atoms with Gasteiger partial charge in [-0.3, -0.25) is 5.41 Å². The molecule has 0 fully saturated rings. The Hall–Kier alpha value is -0.0300. The molecule has 0 amide bonds. The van der Waals surface area contributed by atoms with Crippen molar-refractivity contribution in [1.29, 1.82) is 5.41 Å². The third-order valence-corrected chi connectivity index (χ3v) is 2.91. The predicted molar refractivity (Wildman–Crippen MR) is 41.0 cm³/mol. The van der Waals surface area contributed by atoms with Crippen LogP contribution in [0, 0.1) is 5.41 Å². The van der Waals surface area contributed by atoms with E-state index in [1.165, 1.54) is 0 Å². The Balaban J connectivity index is 3.39. The van der Waals surface area contributed by atoms with Gasteiger partial charge in [0.15, 0.2) is 0 Å². The highest BCUT2D eigenvalue weighted by molar-refractivity contribution is 8.54. The van der Waals surface area contributed by atoms with Gasteiger partial charge in [0.1, 0.15) is 0 Å². The molecule has 0 unspecified atom stereocenters. The van der Waals surface area contributed by atoms with Crippen molar-refractivity contribution >= 4 is 24.0 Å². The third kappa shape index (κ3) is 7.97. The zero-order valence-electron chi connectivity index (χ0n) is 5.15. The molecular weight excluding hydrogens is 175 g/mol. The Morgan fingerprint density at radius 2 is 2.20 bits per heavy atom. The van der Waals surface area contributed by atoms with E-state index in [4.69, 9.17) is 20.9 Å². The van der Waals surface area contributed by atoms with Crippen LogP contribution < -0.4 is 5.73 Å². The smallest absolute Gasteiger partial charge is 0.383 e. The second-order valence-corrected chi connectivity index (χ2v) is 5.45. The molecule has 10 heavy (non-hydrogen) atoms. The first-order valence-corrected chi connectivity index (χ1v) is 5.65. The normalized spacial score (nSPS) is 11.4. The van der Waals surface area contributed by atoms with Gasteiger partial charge in [0.2, 0.25) is 0 Å². The van der Waals surface area contributed by atoms with Crippen molar-refractivity contribution in [3.05, 3.63) is 0 Å². The van der Waals surface area contributed by atoms with Crippen molar-refractivity contribution in [3.8, 4) is 0 Å². The van der Waals surface area contributed by atoms with Gasteiger partial charge in [-0.25, -0.2) is 4.57 Å². The van der Waals surface area contributed by atoms with Crippen LogP contribution in [0.5, 0.6) is 0 Å². The minimum Gasteiger partial charge on any atom is -0.388 e. The molecule has 5 nitrogen and oxygen atoms in total. The van der Waals surface area contributed by atoms with Gasteiger partial charge in [-0.1, -0.05) is 0 Å². The molecule has 0 aromatic heterocycles. The quantitative estimate of drug-likeness (QED) is 0.282. The molecule has 5 N–H and O–H groups in total. The highest BCUT2D eigenvalue weighted by Gasteiger charge is 2.12. The summed E-state index contributed by atoms with van der Waals surface area (Å²) in [4.78, 5) is 16.6. The van der Waals surface area contributed by atoms with Gasteiger partial charge in [-0.15, -0.1) is 0 Å². The number of hydrogen-bond acceptors (Lipinski definition) is 3. The Morgan fingerprint density at radius 3 is 2.50 bits per heavy atom. The lowest BCUT2D eigenvalue weighted by molar-refractivity contribution is 0.397. The molecule has 0 saturated heterocycles. The van der Waals surface area contributed by atoms with Crippen LogP contribution in [0.1, 0.15) is 6.42 Å². The number of nitrogens with one attached hydrogen (secondary N) is 1. The fourth-order valence-electron chi connectivity index (χ4n) is 0.275. The second-order valence-electron chi connectivity index (χ2n) is 1.60. The summed E-state index contributed by atoms with van der Waals surface area (Å²) in [7, 11) is 0. The van der Waals surface area contributed by atoms with Gasteiger partial charge in [0.05, 0.1) is 5.84 Å². The van der Waals surface area contributed by atoms with Crippen LogP contribution in [0.15, 0.2) is 0 Å².